The van der Waals surface area contributed by atoms with Crippen molar-refractivity contribution in [1.29, 1.82) is 0 Å². The quantitative estimate of drug-likeness (QED) is 0.582. The van der Waals surface area contributed by atoms with Crippen molar-refractivity contribution in [3.8, 4) is 5.75 Å². The molecule has 0 saturated heterocycles. The SMILES string of the molecule is COc1cccc(Nc2nnc(SCCC(=O)N3CCc4ccccc43)s2)c1. The average molecular weight is 413 g/mol. The van der Waals surface area contributed by atoms with Gasteiger partial charge in [-0.15, -0.1) is 10.2 Å². The minimum Gasteiger partial charge on any atom is -0.497 e. The van der Waals surface area contributed by atoms with Crippen LogP contribution in [-0.4, -0.2) is 35.5 Å². The first-order valence-electron chi connectivity index (χ1n) is 8.98. The molecule has 1 aliphatic heterocycles. The molecule has 8 heteroatoms. The van der Waals surface area contributed by atoms with E-state index in [1.165, 1.54) is 16.9 Å². The zero-order valence-electron chi connectivity index (χ0n) is 15.4. The maximum absolute atomic E-state index is 12.6. The van der Waals surface area contributed by atoms with Crippen LogP contribution in [0.5, 0.6) is 5.75 Å². The lowest BCUT2D eigenvalue weighted by molar-refractivity contribution is -0.118. The maximum atomic E-state index is 12.6. The molecule has 0 atom stereocenters. The molecule has 0 bridgehead atoms. The van der Waals surface area contributed by atoms with E-state index in [-0.39, 0.29) is 5.91 Å². The van der Waals surface area contributed by atoms with Crippen LogP contribution < -0.4 is 15.0 Å². The van der Waals surface area contributed by atoms with Gasteiger partial charge in [0.2, 0.25) is 11.0 Å². The second-order valence-corrected chi connectivity index (χ2v) is 8.57. The van der Waals surface area contributed by atoms with Crippen molar-refractivity contribution in [2.45, 2.75) is 17.2 Å². The number of hydrogen-bond donors (Lipinski definition) is 1. The predicted octanol–water partition coefficient (Wildman–Crippen LogP) is 4.36. The fourth-order valence-corrected chi connectivity index (χ4v) is 4.87. The van der Waals surface area contributed by atoms with Crippen molar-refractivity contribution < 1.29 is 9.53 Å². The number of carbonyl (C=O) groups is 1. The first-order valence-corrected chi connectivity index (χ1v) is 10.8. The number of hydrogen-bond acceptors (Lipinski definition) is 7. The molecule has 144 valence electrons. The van der Waals surface area contributed by atoms with Crippen molar-refractivity contribution >= 4 is 45.5 Å². The molecule has 0 aliphatic carbocycles. The zero-order chi connectivity index (χ0) is 19.3. The van der Waals surface area contributed by atoms with Crippen LogP contribution in [0.15, 0.2) is 52.9 Å². The molecule has 1 amide bonds. The molecule has 0 radical (unpaired) electrons. The van der Waals surface area contributed by atoms with E-state index in [0.717, 1.165) is 39.6 Å². The fourth-order valence-electron chi connectivity index (χ4n) is 3.10. The van der Waals surface area contributed by atoms with Crippen LogP contribution >= 0.6 is 23.1 Å². The number of para-hydroxylation sites is 1. The van der Waals surface area contributed by atoms with E-state index in [1.54, 1.807) is 18.9 Å². The second-order valence-electron chi connectivity index (χ2n) is 6.25. The van der Waals surface area contributed by atoms with E-state index in [4.69, 9.17) is 4.74 Å². The van der Waals surface area contributed by atoms with Crippen molar-refractivity contribution in [2.24, 2.45) is 0 Å². The van der Waals surface area contributed by atoms with Crippen LogP contribution in [0.4, 0.5) is 16.5 Å². The van der Waals surface area contributed by atoms with Crippen molar-refractivity contribution in [1.82, 2.24) is 10.2 Å². The maximum Gasteiger partial charge on any atom is 0.227 e. The van der Waals surface area contributed by atoms with Crippen molar-refractivity contribution in [2.75, 3.05) is 29.6 Å². The molecule has 28 heavy (non-hydrogen) atoms. The Morgan fingerprint density at radius 3 is 3.04 bits per heavy atom. The van der Waals surface area contributed by atoms with E-state index in [1.807, 2.05) is 47.4 Å². The van der Waals surface area contributed by atoms with E-state index >= 15 is 0 Å². The van der Waals surface area contributed by atoms with Crippen molar-refractivity contribution in [3.05, 3.63) is 54.1 Å². The number of rotatable bonds is 7. The Morgan fingerprint density at radius 1 is 1.25 bits per heavy atom. The Balaban J connectivity index is 1.28. The summed E-state index contributed by atoms with van der Waals surface area (Å²) >= 11 is 3.04. The molecule has 6 nitrogen and oxygen atoms in total. The van der Waals surface area contributed by atoms with Gasteiger partial charge in [-0.05, 0) is 30.2 Å². The number of thioether (sulfide) groups is 1. The molecule has 2 heterocycles. The minimum atomic E-state index is 0.164. The Bertz CT molecular complexity index is 976. The fraction of sp³-hybridized carbons (Fsp3) is 0.250. The predicted molar refractivity (Wildman–Crippen MR) is 114 cm³/mol. The van der Waals surface area contributed by atoms with E-state index < -0.39 is 0 Å². The molecule has 1 aliphatic rings. The molecular formula is C20H20N4O2S2. The number of nitrogens with one attached hydrogen (secondary N) is 1. The lowest BCUT2D eigenvalue weighted by Crippen LogP contribution is -2.29. The summed E-state index contributed by atoms with van der Waals surface area (Å²) in [5, 5.41) is 12.3. The Kier molecular flexibility index (Phi) is 5.78. The van der Waals surface area contributed by atoms with Gasteiger partial charge in [0, 0.05) is 36.2 Å². The first kappa shape index (κ1) is 18.8. The first-order chi connectivity index (χ1) is 13.7. The smallest absolute Gasteiger partial charge is 0.227 e. The summed E-state index contributed by atoms with van der Waals surface area (Å²) in [6.45, 7) is 0.774. The zero-order valence-corrected chi connectivity index (χ0v) is 17.1. The number of aromatic nitrogens is 2. The number of anilines is 3. The molecule has 2 aromatic carbocycles. The lowest BCUT2D eigenvalue weighted by Gasteiger charge is -2.16. The van der Waals surface area contributed by atoms with Crippen LogP contribution in [-0.2, 0) is 11.2 Å². The number of nitrogens with zero attached hydrogens (tertiary/aromatic N) is 3. The van der Waals surface area contributed by atoms with E-state index in [2.05, 4.69) is 21.6 Å². The molecule has 3 aromatic rings. The van der Waals surface area contributed by atoms with Crippen LogP contribution in [0.25, 0.3) is 0 Å². The highest BCUT2D eigenvalue weighted by Gasteiger charge is 2.23. The third-order valence-corrected chi connectivity index (χ3v) is 6.43. The minimum absolute atomic E-state index is 0.164. The van der Waals surface area contributed by atoms with Gasteiger partial charge in [-0.25, -0.2) is 0 Å². The molecule has 4 rings (SSSR count). The highest BCUT2D eigenvalue weighted by atomic mass is 32.2. The third-order valence-electron chi connectivity index (χ3n) is 4.46. The van der Waals surface area contributed by atoms with Gasteiger partial charge in [-0.1, -0.05) is 47.4 Å². The molecule has 0 saturated carbocycles. The summed E-state index contributed by atoms with van der Waals surface area (Å²) in [4.78, 5) is 14.5. The molecule has 0 spiro atoms. The molecular weight excluding hydrogens is 392 g/mol. The number of fused-ring (bicyclic) bond motifs is 1. The van der Waals surface area contributed by atoms with Gasteiger partial charge in [0.15, 0.2) is 4.34 Å². The van der Waals surface area contributed by atoms with Gasteiger partial charge in [-0.3, -0.25) is 4.79 Å². The molecule has 1 N–H and O–H groups in total. The van der Waals surface area contributed by atoms with Gasteiger partial charge in [-0.2, -0.15) is 0 Å². The van der Waals surface area contributed by atoms with Gasteiger partial charge >= 0.3 is 0 Å². The van der Waals surface area contributed by atoms with Gasteiger partial charge in [0.25, 0.3) is 0 Å². The molecule has 1 aromatic heterocycles. The highest BCUT2D eigenvalue weighted by Crippen LogP contribution is 2.31. The van der Waals surface area contributed by atoms with Gasteiger partial charge in [0.1, 0.15) is 5.75 Å². The lowest BCUT2D eigenvalue weighted by atomic mass is 10.2. The summed E-state index contributed by atoms with van der Waals surface area (Å²) in [7, 11) is 1.64. The summed E-state index contributed by atoms with van der Waals surface area (Å²) in [6.07, 6.45) is 1.42. The third kappa shape index (κ3) is 4.28. The summed E-state index contributed by atoms with van der Waals surface area (Å²) in [5.41, 5.74) is 3.20. The Labute approximate surface area is 171 Å². The van der Waals surface area contributed by atoms with Crippen molar-refractivity contribution in [3.63, 3.8) is 0 Å². The number of carbonyl (C=O) groups excluding carboxylic acids is 1. The highest BCUT2D eigenvalue weighted by molar-refractivity contribution is 8.01. The Hall–Kier alpha value is -2.58. The topological polar surface area (TPSA) is 67.3 Å². The average Bonchev–Trinajstić information content (AvgIpc) is 3.35. The Morgan fingerprint density at radius 2 is 2.14 bits per heavy atom. The number of ether oxygens (including phenoxy) is 1. The van der Waals surface area contributed by atoms with Crippen LogP contribution in [0, 0.1) is 0 Å². The summed E-state index contributed by atoms with van der Waals surface area (Å²) in [6, 6.07) is 15.8. The normalized spacial score (nSPS) is 12.7. The largest absolute Gasteiger partial charge is 0.497 e. The number of methoxy groups -OCH3 is 1. The van der Waals surface area contributed by atoms with Crippen LogP contribution in [0.2, 0.25) is 0 Å². The molecule has 0 fully saturated rings. The van der Waals surface area contributed by atoms with Crippen LogP contribution in [0.3, 0.4) is 0 Å². The second kappa shape index (κ2) is 8.62. The number of benzene rings is 2. The van der Waals surface area contributed by atoms with E-state index in [0.29, 0.717) is 12.2 Å². The summed E-state index contributed by atoms with van der Waals surface area (Å²) in [5.74, 6) is 1.63. The monoisotopic (exact) mass is 412 g/mol. The van der Waals surface area contributed by atoms with E-state index in [9.17, 15) is 4.79 Å². The van der Waals surface area contributed by atoms with Gasteiger partial charge in [0.05, 0.1) is 7.11 Å². The molecule has 0 unspecified atom stereocenters. The number of amides is 1. The van der Waals surface area contributed by atoms with Crippen LogP contribution in [0.1, 0.15) is 12.0 Å². The summed E-state index contributed by atoms with van der Waals surface area (Å²) < 4.78 is 6.07. The standard InChI is InChI=1S/C20H20N4O2S2/c1-26-16-7-4-6-15(13-16)21-19-22-23-20(28-19)27-12-10-18(25)24-11-9-14-5-2-3-8-17(14)24/h2-8,13H,9-12H2,1H3,(H,21,22). The van der Waals surface area contributed by atoms with Gasteiger partial charge < -0.3 is 15.0 Å².